The Labute approximate surface area is 271 Å². The Hall–Kier alpha value is -5.46. The third-order valence-corrected chi connectivity index (χ3v) is 10.6. The van der Waals surface area contributed by atoms with Crippen LogP contribution in [0.25, 0.3) is 22.3 Å². The summed E-state index contributed by atoms with van der Waals surface area (Å²) in [6, 6.07) is 64.1. The number of hydrogen-bond acceptors (Lipinski definition) is 0. The van der Waals surface area contributed by atoms with Gasteiger partial charge in [0.1, 0.15) is 0 Å². The fourth-order valence-electron chi connectivity index (χ4n) is 8.64. The highest BCUT2D eigenvalue weighted by atomic mass is 14.5. The van der Waals surface area contributed by atoms with Crippen molar-refractivity contribution in [3.63, 3.8) is 0 Å². The molecule has 0 spiro atoms. The first kappa shape index (κ1) is 26.9. The highest BCUT2D eigenvalue weighted by molar-refractivity contribution is 5.88. The largest absolute Gasteiger partial charge is 0.0713 e. The number of benzene rings is 7. The molecule has 0 saturated carbocycles. The van der Waals surface area contributed by atoms with Gasteiger partial charge in [0.15, 0.2) is 0 Å². The molecule has 0 heteroatoms. The Morgan fingerprint density at radius 1 is 0.283 bits per heavy atom. The summed E-state index contributed by atoms with van der Waals surface area (Å²) < 4.78 is 0. The van der Waals surface area contributed by atoms with E-state index in [1.165, 1.54) is 77.9 Å². The summed E-state index contributed by atoms with van der Waals surface area (Å²) in [5.74, 6) is 0. The Balaban J connectivity index is 1.41. The molecule has 0 aromatic heterocycles. The fourth-order valence-corrected chi connectivity index (χ4v) is 8.64. The minimum Gasteiger partial charge on any atom is -0.0619 e. The van der Waals surface area contributed by atoms with Crippen molar-refractivity contribution in [3.8, 4) is 22.3 Å². The van der Waals surface area contributed by atoms with Gasteiger partial charge in [-0.25, -0.2) is 0 Å². The molecule has 218 valence electrons. The van der Waals surface area contributed by atoms with Crippen molar-refractivity contribution in [1.29, 1.82) is 0 Å². The molecule has 7 aromatic carbocycles. The van der Waals surface area contributed by atoms with Gasteiger partial charge in [0, 0.05) is 0 Å². The van der Waals surface area contributed by atoms with Crippen molar-refractivity contribution in [2.24, 2.45) is 0 Å². The average molecular weight is 587 g/mol. The Morgan fingerprint density at radius 2 is 0.587 bits per heavy atom. The number of aryl methyl sites for hydroxylation is 2. The van der Waals surface area contributed by atoms with Gasteiger partial charge in [0.25, 0.3) is 0 Å². The molecule has 0 atom stereocenters. The fraction of sp³-hybridized carbons (Fsp3) is 0.0870. The smallest absolute Gasteiger partial charge is 0.0619 e. The lowest BCUT2D eigenvalue weighted by Gasteiger charge is -2.37. The van der Waals surface area contributed by atoms with Crippen molar-refractivity contribution in [2.75, 3.05) is 0 Å². The topological polar surface area (TPSA) is 0 Å². The first-order valence-corrected chi connectivity index (χ1v) is 16.3. The van der Waals surface area contributed by atoms with E-state index >= 15 is 0 Å². The zero-order valence-corrected chi connectivity index (χ0v) is 26.2. The van der Waals surface area contributed by atoms with Gasteiger partial charge in [-0.1, -0.05) is 181 Å². The van der Waals surface area contributed by atoms with Crippen molar-refractivity contribution < 1.29 is 0 Å². The molecule has 0 saturated heterocycles. The van der Waals surface area contributed by atoms with Crippen LogP contribution in [0.1, 0.15) is 55.6 Å². The van der Waals surface area contributed by atoms with Crippen LogP contribution in [-0.4, -0.2) is 0 Å². The Bertz CT molecular complexity index is 2020. The second-order valence-electron chi connectivity index (χ2n) is 13.0. The normalized spacial score (nSPS) is 14.7. The molecule has 0 unspecified atom stereocenters. The van der Waals surface area contributed by atoms with E-state index < -0.39 is 10.8 Å². The summed E-state index contributed by atoms with van der Waals surface area (Å²) in [6.45, 7) is 4.35. The molecule has 2 aliphatic carbocycles. The first-order valence-electron chi connectivity index (χ1n) is 16.3. The summed E-state index contributed by atoms with van der Waals surface area (Å²) in [7, 11) is 0. The second kappa shape index (κ2) is 10.0. The van der Waals surface area contributed by atoms with Crippen molar-refractivity contribution in [1.82, 2.24) is 0 Å². The highest BCUT2D eigenvalue weighted by Gasteiger charge is 2.49. The molecule has 0 N–H and O–H groups in total. The zero-order chi connectivity index (χ0) is 30.9. The molecule has 0 amide bonds. The van der Waals surface area contributed by atoms with E-state index in [-0.39, 0.29) is 0 Å². The van der Waals surface area contributed by atoms with Gasteiger partial charge in [-0.15, -0.1) is 0 Å². The summed E-state index contributed by atoms with van der Waals surface area (Å²) >= 11 is 0. The van der Waals surface area contributed by atoms with Crippen LogP contribution in [0.15, 0.2) is 170 Å². The number of fused-ring (bicyclic) bond motifs is 6. The van der Waals surface area contributed by atoms with Crippen molar-refractivity contribution in [2.45, 2.75) is 24.7 Å². The predicted molar refractivity (Wildman–Crippen MR) is 191 cm³/mol. The third kappa shape index (κ3) is 3.50. The summed E-state index contributed by atoms with van der Waals surface area (Å²) in [4.78, 5) is 0. The van der Waals surface area contributed by atoms with Crippen LogP contribution >= 0.6 is 0 Å². The quantitative estimate of drug-likeness (QED) is 0.192. The first-order chi connectivity index (χ1) is 22.6. The van der Waals surface area contributed by atoms with Crippen LogP contribution in [0.2, 0.25) is 0 Å². The minimum absolute atomic E-state index is 0.455. The summed E-state index contributed by atoms with van der Waals surface area (Å²) in [6.07, 6.45) is 0. The molecule has 0 aliphatic heterocycles. The maximum Gasteiger partial charge on any atom is 0.0713 e. The van der Waals surface area contributed by atoms with E-state index in [0.717, 1.165) is 0 Å². The molecule has 9 rings (SSSR count). The molecule has 0 heterocycles. The van der Waals surface area contributed by atoms with E-state index in [9.17, 15) is 0 Å². The lowest BCUT2D eigenvalue weighted by molar-refractivity contribution is 0.739. The van der Waals surface area contributed by atoms with Gasteiger partial charge < -0.3 is 0 Å². The Kier molecular flexibility index (Phi) is 5.86. The van der Waals surface area contributed by atoms with Gasteiger partial charge in [0.2, 0.25) is 0 Å². The van der Waals surface area contributed by atoms with Crippen LogP contribution in [0.5, 0.6) is 0 Å². The minimum atomic E-state index is -0.455. The highest BCUT2D eigenvalue weighted by Crippen LogP contribution is 2.59. The second-order valence-corrected chi connectivity index (χ2v) is 13.0. The molecule has 7 aromatic rings. The summed E-state index contributed by atoms with van der Waals surface area (Å²) in [5, 5.41) is 0. The van der Waals surface area contributed by atoms with Gasteiger partial charge in [0.05, 0.1) is 10.8 Å². The lowest BCUT2D eigenvalue weighted by atomic mass is 9.64. The Morgan fingerprint density at radius 3 is 0.913 bits per heavy atom. The zero-order valence-electron chi connectivity index (χ0n) is 26.2. The van der Waals surface area contributed by atoms with E-state index in [4.69, 9.17) is 0 Å². The van der Waals surface area contributed by atoms with E-state index in [1.807, 2.05) is 0 Å². The monoisotopic (exact) mass is 586 g/mol. The van der Waals surface area contributed by atoms with E-state index in [0.29, 0.717) is 0 Å². The molecule has 0 radical (unpaired) electrons. The standard InChI is InChI=1S/C46H34/c1-31-22-26-33(27-23-31)45(41-18-7-3-14-37(41)38-15-4-8-19-42(38)45)35-12-11-13-36(30-35)46(34-28-24-32(2)25-29-34)43-20-9-5-16-39(43)40-17-6-10-21-44(40)46/h3-30H,1-2H3. The van der Waals surface area contributed by atoms with Gasteiger partial charge in [-0.05, 0) is 80.6 Å². The molecule has 0 fully saturated rings. The van der Waals surface area contributed by atoms with Crippen molar-refractivity contribution >= 4 is 0 Å². The van der Waals surface area contributed by atoms with E-state index in [1.54, 1.807) is 0 Å². The third-order valence-electron chi connectivity index (χ3n) is 10.6. The van der Waals surface area contributed by atoms with Crippen LogP contribution in [0, 0.1) is 13.8 Å². The maximum atomic E-state index is 2.53. The van der Waals surface area contributed by atoms with Crippen LogP contribution < -0.4 is 0 Å². The van der Waals surface area contributed by atoms with Crippen LogP contribution in [0.4, 0.5) is 0 Å². The molecule has 0 bridgehead atoms. The number of hydrogen-bond donors (Lipinski definition) is 0. The molecule has 46 heavy (non-hydrogen) atoms. The van der Waals surface area contributed by atoms with Crippen molar-refractivity contribution in [3.05, 3.63) is 225 Å². The molecular formula is C46H34. The van der Waals surface area contributed by atoms with Gasteiger partial charge >= 0.3 is 0 Å². The van der Waals surface area contributed by atoms with E-state index in [2.05, 4.69) is 184 Å². The predicted octanol–water partition coefficient (Wildman–Crippen LogP) is 11.0. The lowest BCUT2D eigenvalue weighted by Crippen LogP contribution is -2.32. The van der Waals surface area contributed by atoms with Gasteiger partial charge in [-0.2, -0.15) is 0 Å². The SMILES string of the molecule is Cc1ccc(C2(c3cccc(C4(c5ccc(C)cc5)c5ccccc5-c5ccccc54)c3)c3ccccc3-c3ccccc32)cc1. The molecular weight excluding hydrogens is 553 g/mol. The average Bonchev–Trinajstić information content (AvgIpc) is 3.58. The molecule has 2 aliphatic rings. The van der Waals surface area contributed by atoms with Crippen LogP contribution in [0.3, 0.4) is 0 Å². The number of rotatable bonds is 4. The summed E-state index contributed by atoms with van der Waals surface area (Å²) in [5.41, 5.74) is 17.4. The van der Waals surface area contributed by atoms with Crippen LogP contribution in [-0.2, 0) is 10.8 Å². The maximum absolute atomic E-state index is 2.53. The van der Waals surface area contributed by atoms with Gasteiger partial charge in [-0.3, -0.25) is 0 Å². The molecule has 0 nitrogen and oxygen atoms in total.